The van der Waals surface area contributed by atoms with Gasteiger partial charge in [0.2, 0.25) is 12.2 Å². The molecule has 1 aliphatic carbocycles. The van der Waals surface area contributed by atoms with Gasteiger partial charge in [-0.25, -0.2) is 0 Å². The summed E-state index contributed by atoms with van der Waals surface area (Å²) in [7, 11) is 0. The van der Waals surface area contributed by atoms with Crippen molar-refractivity contribution < 1.29 is 9.72 Å². The van der Waals surface area contributed by atoms with Crippen molar-refractivity contribution in [1.29, 1.82) is 0 Å². The molecule has 2 unspecified atom stereocenters. The second-order valence-corrected chi connectivity index (χ2v) is 6.00. The van der Waals surface area contributed by atoms with E-state index in [9.17, 15) is 14.9 Å². The molecular weight excluding hydrogens is 272 g/mol. The molecule has 2 heterocycles. The van der Waals surface area contributed by atoms with E-state index in [1.54, 1.807) is 0 Å². The number of carbonyl (C=O) groups is 1. The molecule has 0 radical (unpaired) electrons. The van der Waals surface area contributed by atoms with E-state index in [0.29, 0.717) is 12.0 Å². The van der Waals surface area contributed by atoms with Crippen LogP contribution in [0.1, 0.15) is 38.5 Å². The first-order chi connectivity index (χ1) is 10.1. The highest BCUT2D eigenvalue weighted by atomic mass is 16.6. The number of rotatable bonds is 3. The first-order valence-electron chi connectivity index (χ1n) is 7.61. The topological polar surface area (TPSA) is 81.3 Å². The van der Waals surface area contributed by atoms with Gasteiger partial charge in [0.1, 0.15) is 12.7 Å². The van der Waals surface area contributed by atoms with Crippen LogP contribution in [0.4, 0.5) is 5.82 Å². The number of imidazole rings is 1. The van der Waals surface area contributed by atoms with Crippen LogP contribution in [0.15, 0.2) is 12.5 Å². The summed E-state index contributed by atoms with van der Waals surface area (Å²) in [5.74, 6) is 0.490. The molecule has 7 nitrogen and oxygen atoms in total. The summed E-state index contributed by atoms with van der Waals surface area (Å²) < 4.78 is 1.51. The summed E-state index contributed by atoms with van der Waals surface area (Å²) in [6, 6.07) is 0.374. The van der Waals surface area contributed by atoms with E-state index in [4.69, 9.17) is 0 Å². The SMILES string of the molecule is O=C(Cn1cnc([N+](=O)[O-])c1)N1CCCC2CCCCC21. The average Bonchev–Trinajstić information content (AvgIpc) is 2.95. The van der Waals surface area contributed by atoms with Crippen LogP contribution in [0.5, 0.6) is 0 Å². The third kappa shape index (κ3) is 2.91. The number of aromatic nitrogens is 2. The molecule has 2 atom stereocenters. The normalized spacial score (nSPS) is 25.4. The zero-order chi connectivity index (χ0) is 14.8. The molecule has 1 aromatic heterocycles. The molecular formula is C14H20N4O3. The highest BCUT2D eigenvalue weighted by molar-refractivity contribution is 5.76. The molecule has 1 amide bonds. The Morgan fingerprint density at radius 3 is 2.86 bits per heavy atom. The van der Waals surface area contributed by atoms with Crippen molar-refractivity contribution in [2.45, 2.75) is 51.1 Å². The molecule has 1 aromatic rings. The number of nitro groups is 1. The zero-order valence-corrected chi connectivity index (χ0v) is 12.0. The number of amides is 1. The van der Waals surface area contributed by atoms with Gasteiger partial charge in [-0.2, -0.15) is 0 Å². The first-order valence-corrected chi connectivity index (χ1v) is 7.61. The molecule has 3 rings (SSSR count). The lowest BCUT2D eigenvalue weighted by atomic mass is 9.78. The Morgan fingerprint density at radius 2 is 2.10 bits per heavy atom. The maximum atomic E-state index is 12.5. The van der Waals surface area contributed by atoms with E-state index < -0.39 is 4.92 Å². The van der Waals surface area contributed by atoms with Gasteiger partial charge in [-0.15, -0.1) is 0 Å². The molecule has 0 bridgehead atoms. The highest BCUT2D eigenvalue weighted by Gasteiger charge is 2.35. The van der Waals surface area contributed by atoms with E-state index in [1.807, 2.05) is 4.90 Å². The van der Waals surface area contributed by atoms with Crippen molar-refractivity contribution in [1.82, 2.24) is 14.5 Å². The van der Waals surface area contributed by atoms with Crippen LogP contribution in [-0.2, 0) is 11.3 Å². The minimum atomic E-state index is -0.543. The van der Waals surface area contributed by atoms with Crippen LogP contribution in [0, 0.1) is 16.0 Å². The fraction of sp³-hybridized carbons (Fsp3) is 0.714. The lowest BCUT2D eigenvalue weighted by molar-refractivity contribution is -0.389. The van der Waals surface area contributed by atoms with Crippen molar-refractivity contribution in [2.24, 2.45) is 5.92 Å². The molecule has 0 aromatic carbocycles. The lowest BCUT2D eigenvalue weighted by Crippen LogP contribution is -2.50. The molecule has 0 spiro atoms. The maximum Gasteiger partial charge on any atom is 0.381 e. The smallest absolute Gasteiger partial charge is 0.358 e. The van der Waals surface area contributed by atoms with Crippen LogP contribution in [0.25, 0.3) is 0 Å². The zero-order valence-electron chi connectivity index (χ0n) is 12.0. The third-order valence-corrected chi connectivity index (χ3v) is 4.69. The fourth-order valence-electron chi connectivity index (χ4n) is 3.71. The second-order valence-electron chi connectivity index (χ2n) is 6.00. The van der Waals surface area contributed by atoms with Gasteiger partial charge in [0, 0.05) is 12.6 Å². The first kappa shape index (κ1) is 14.0. The fourth-order valence-corrected chi connectivity index (χ4v) is 3.71. The summed E-state index contributed by atoms with van der Waals surface area (Å²) in [6.45, 7) is 0.959. The van der Waals surface area contributed by atoms with Gasteiger partial charge in [0.15, 0.2) is 0 Å². The highest BCUT2D eigenvalue weighted by Crippen LogP contribution is 2.35. The van der Waals surface area contributed by atoms with E-state index in [1.165, 1.54) is 42.8 Å². The minimum absolute atomic E-state index is 0.0545. The average molecular weight is 292 g/mol. The quantitative estimate of drug-likeness (QED) is 0.630. The summed E-state index contributed by atoms with van der Waals surface area (Å²) in [6.07, 6.45) is 9.77. The van der Waals surface area contributed by atoms with Gasteiger partial charge in [-0.3, -0.25) is 4.79 Å². The lowest BCUT2D eigenvalue weighted by Gasteiger charge is -2.44. The van der Waals surface area contributed by atoms with Gasteiger partial charge >= 0.3 is 5.82 Å². The molecule has 2 aliphatic rings. The van der Waals surface area contributed by atoms with Gasteiger partial charge in [-0.1, -0.05) is 12.8 Å². The second kappa shape index (κ2) is 5.83. The van der Waals surface area contributed by atoms with Crippen molar-refractivity contribution >= 4 is 11.7 Å². The van der Waals surface area contributed by atoms with Crippen LogP contribution in [0.2, 0.25) is 0 Å². The van der Waals surface area contributed by atoms with E-state index in [0.717, 1.165) is 19.4 Å². The molecule has 1 saturated heterocycles. The third-order valence-electron chi connectivity index (χ3n) is 4.69. The number of fused-ring (bicyclic) bond motifs is 1. The Labute approximate surface area is 123 Å². The summed E-state index contributed by atoms with van der Waals surface area (Å²) >= 11 is 0. The van der Waals surface area contributed by atoms with Crippen LogP contribution >= 0.6 is 0 Å². The van der Waals surface area contributed by atoms with Gasteiger partial charge in [-0.05, 0) is 41.5 Å². The number of carbonyl (C=O) groups excluding carboxylic acids is 1. The Balaban J connectivity index is 1.67. The Kier molecular flexibility index (Phi) is 3.90. The van der Waals surface area contributed by atoms with Crippen LogP contribution in [-0.4, -0.2) is 37.9 Å². The number of likely N-dealkylation sites (tertiary alicyclic amines) is 1. The molecule has 114 valence electrons. The summed E-state index contributed by atoms with van der Waals surface area (Å²) in [4.78, 5) is 28.3. The number of nitrogens with zero attached hydrogens (tertiary/aromatic N) is 4. The predicted molar refractivity (Wildman–Crippen MR) is 75.6 cm³/mol. The number of hydrogen-bond donors (Lipinski definition) is 0. The molecule has 1 aliphatic heterocycles. The van der Waals surface area contributed by atoms with Gasteiger partial charge < -0.3 is 19.6 Å². The van der Waals surface area contributed by atoms with Crippen molar-refractivity contribution in [2.75, 3.05) is 6.54 Å². The van der Waals surface area contributed by atoms with Crippen molar-refractivity contribution in [3.8, 4) is 0 Å². The Morgan fingerprint density at radius 1 is 1.33 bits per heavy atom. The summed E-state index contributed by atoms with van der Waals surface area (Å²) in [5, 5.41) is 10.6. The molecule has 0 N–H and O–H groups in total. The van der Waals surface area contributed by atoms with E-state index >= 15 is 0 Å². The van der Waals surface area contributed by atoms with Gasteiger partial charge in [0.25, 0.3) is 0 Å². The Hall–Kier alpha value is -1.92. The monoisotopic (exact) mass is 292 g/mol. The number of hydrogen-bond acceptors (Lipinski definition) is 4. The standard InChI is InChI=1S/C14H20N4O3/c19-14(9-16-8-13(15-10-16)18(20)21)17-7-3-5-11-4-1-2-6-12(11)17/h8,10-12H,1-7,9H2. The van der Waals surface area contributed by atoms with E-state index in [-0.39, 0.29) is 18.3 Å². The predicted octanol–water partition coefficient (Wildman–Crippen LogP) is 1.97. The maximum absolute atomic E-state index is 12.5. The number of piperidine rings is 1. The van der Waals surface area contributed by atoms with Crippen LogP contribution in [0.3, 0.4) is 0 Å². The molecule has 21 heavy (non-hydrogen) atoms. The van der Waals surface area contributed by atoms with Gasteiger partial charge in [0.05, 0.1) is 0 Å². The van der Waals surface area contributed by atoms with E-state index in [2.05, 4.69) is 4.98 Å². The largest absolute Gasteiger partial charge is 0.381 e. The van der Waals surface area contributed by atoms with Crippen molar-refractivity contribution in [3.63, 3.8) is 0 Å². The Bertz CT molecular complexity index is 540. The van der Waals surface area contributed by atoms with Crippen LogP contribution < -0.4 is 0 Å². The summed E-state index contributed by atoms with van der Waals surface area (Å²) in [5.41, 5.74) is 0. The van der Waals surface area contributed by atoms with Crippen molar-refractivity contribution in [3.05, 3.63) is 22.6 Å². The minimum Gasteiger partial charge on any atom is -0.358 e. The molecule has 7 heteroatoms. The molecule has 1 saturated carbocycles. The molecule has 2 fully saturated rings.